The first-order valence-electron chi connectivity index (χ1n) is 5.12. The molecule has 2 heterocycles. The number of halogens is 1. The van der Waals surface area contributed by atoms with E-state index >= 15 is 0 Å². The van der Waals surface area contributed by atoms with E-state index in [0.29, 0.717) is 11.1 Å². The molecular weight excluding hydrogens is 306 g/mol. The number of alkyl halides is 1. The third-order valence-electron chi connectivity index (χ3n) is 2.82. The molecule has 2 aliphatic heterocycles. The highest BCUT2D eigenvalue weighted by molar-refractivity contribution is 9.09. The molecule has 1 N–H and O–H groups in total. The molecule has 0 aromatic carbocycles. The van der Waals surface area contributed by atoms with Gasteiger partial charge in [-0.05, 0) is 19.4 Å². The Morgan fingerprint density at radius 2 is 2.24 bits per heavy atom. The average Bonchev–Trinajstić information content (AvgIpc) is 2.26. The number of nitrogens with zero attached hydrogens (tertiary/aromatic N) is 1. The fourth-order valence-corrected chi connectivity index (χ4v) is 4.19. The third-order valence-corrected chi connectivity index (χ3v) is 4.78. The molecule has 0 unspecified atom stereocenters. The zero-order valence-electron chi connectivity index (χ0n) is 9.49. The van der Waals surface area contributed by atoms with E-state index in [-0.39, 0.29) is 17.0 Å². The van der Waals surface area contributed by atoms with Crippen molar-refractivity contribution in [2.24, 2.45) is 0 Å². The number of rotatable bonds is 2. The van der Waals surface area contributed by atoms with Gasteiger partial charge in [0.1, 0.15) is 11.1 Å². The lowest BCUT2D eigenvalue weighted by molar-refractivity contribution is -0.141. The van der Waals surface area contributed by atoms with Crippen LogP contribution in [0.2, 0.25) is 0 Å². The van der Waals surface area contributed by atoms with Crippen molar-refractivity contribution in [3.63, 3.8) is 0 Å². The van der Waals surface area contributed by atoms with Crippen LogP contribution in [0.1, 0.15) is 13.8 Å². The second-order valence-electron chi connectivity index (χ2n) is 4.14. The van der Waals surface area contributed by atoms with E-state index in [1.165, 1.54) is 4.90 Å². The Morgan fingerprint density at radius 1 is 1.59 bits per heavy atom. The predicted octanol–water partition coefficient (Wildman–Crippen LogP) is 1.97. The molecule has 0 saturated carbocycles. The largest absolute Gasteiger partial charge is 0.477 e. The summed E-state index contributed by atoms with van der Waals surface area (Å²) in [7, 11) is 0. The predicted molar refractivity (Wildman–Crippen MR) is 69.9 cm³/mol. The topological polar surface area (TPSA) is 57.6 Å². The minimum absolute atomic E-state index is 0.110. The molecule has 0 aromatic rings. The smallest absolute Gasteiger partial charge is 0.352 e. The third kappa shape index (κ3) is 1.83. The van der Waals surface area contributed by atoms with Gasteiger partial charge in [0.25, 0.3) is 5.91 Å². The molecule has 4 nitrogen and oxygen atoms in total. The van der Waals surface area contributed by atoms with Crippen LogP contribution in [0.5, 0.6) is 0 Å². The summed E-state index contributed by atoms with van der Waals surface area (Å²) in [6.07, 6.45) is 0. The van der Waals surface area contributed by atoms with Gasteiger partial charge in [-0.1, -0.05) is 21.5 Å². The van der Waals surface area contributed by atoms with E-state index in [4.69, 9.17) is 0 Å². The normalized spacial score (nSPS) is 23.5. The molecule has 1 fully saturated rings. The monoisotopic (exact) mass is 317 g/mol. The second kappa shape index (κ2) is 4.49. The van der Waals surface area contributed by atoms with Gasteiger partial charge in [-0.2, -0.15) is 0 Å². The zero-order chi connectivity index (χ0) is 12.7. The van der Waals surface area contributed by atoms with Gasteiger partial charge in [-0.3, -0.25) is 9.69 Å². The highest BCUT2D eigenvalue weighted by atomic mass is 79.9. The number of β-lactam (4-membered cyclic amide) rings is 1. The molecule has 0 spiro atoms. The van der Waals surface area contributed by atoms with Crippen LogP contribution in [0.4, 0.5) is 0 Å². The molecule has 0 bridgehead atoms. The number of hydrogen-bond acceptors (Lipinski definition) is 3. The number of carbonyl (C=O) groups excluding carboxylic acids is 1. The van der Waals surface area contributed by atoms with Crippen molar-refractivity contribution in [3.8, 4) is 0 Å². The van der Waals surface area contributed by atoms with E-state index in [1.807, 2.05) is 13.8 Å². The molecule has 1 amide bonds. The Labute approximate surface area is 112 Å². The summed E-state index contributed by atoms with van der Waals surface area (Å²) in [5, 5.41) is 9.59. The molecule has 1 saturated heterocycles. The van der Waals surface area contributed by atoms with E-state index in [0.717, 1.165) is 16.7 Å². The minimum atomic E-state index is -1.02. The van der Waals surface area contributed by atoms with Gasteiger partial charge >= 0.3 is 5.97 Å². The van der Waals surface area contributed by atoms with Crippen molar-refractivity contribution in [3.05, 3.63) is 22.4 Å². The Kier molecular flexibility index (Phi) is 3.36. The summed E-state index contributed by atoms with van der Waals surface area (Å²) in [6, 6.07) is 0. The molecule has 0 aliphatic carbocycles. The Balaban J connectivity index is 2.44. The van der Waals surface area contributed by atoms with Gasteiger partial charge in [0.2, 0.25) is 0 Å². The summed E-state index contributed by atoms with van der Waals surface area (Å²) < 4.78 is 0. The molecular formula is C11H12BrNO3S. The van der Waals surface area contributed by atoms with Crippen molar-refractivity contribution in [1.29, 1.82) is 0 Å². The van der Waals surface area contributed by atoms with Crippen LogP contribution in [0.3, 0.4) is 0 Å². The van der Waals surface area contributed by atoms with Gasteiger partial charge in [-0.15, -0.1) is 11.8 Å². The van der Waals surface area contributed by atoms with Crippen LogP contribution in [-0.2, 0) is 9.59 Å². The second-order valence-corrected chi connectivity index (χ2v) is 5.77. The van der Waals surface area contributed by atoms with Crippen LogP contribution < -0.4 is 0 Å². The molecule has 1 atom stereocenters. The van der Waals surface area contributed by atoms with Crippen molar-refractivity contribution >= 4 is 39.6 Å². The number of thioether (sulfide) groups is 1. The Morgan fingerprint density at radius 3 is 2.71 bits per heavy atom. The number of allylic oxidation sites excluding steroid dienone is 1. The minimum Gasteiger partial charge on any atom is -0.477 e. The maximum Gasteiger partial charge on any atom is 0.352 e. The van der Waals surface area contributed by atoms with Crippen molar-refractivity contribution < 1.29 is 14.7 Å². The van der Waals surface area contributed by atoms with E-state index in [2.05, 4.69) is 15.9 Å². The van der Waals surface area contributed by atoms with Gasteiger partial charge in [0.15, 0.2) is 0 Å². The van der Waals surface area contributed by atoms with Crippen LogP contribution in [0.25, 0.3) is 0 Å². The molecule has 17 heavy (non-hydrogen) atoms. The summed E-state index contributed by atoms with van der Waals surface area (Å²) in [4.78, 5) is 24.6. The fraction of sp³-hybridized carbons (Fsp3) is 0.455. The SMILES string of the molecule is CC(C)=C1C(=O)N2C(C(=O)O)=C(CBr)CS[C@H]12. The van der Waals surface area contributed by atoms with Crippen molar-refractivity contribution in [2.45, 2.75) is 19.2 Å². The lowest BCUT2D eigenvalue weighted by atomic mass is 9.98. The van der Waals surface area contributed by atoms with Crippen LogP contribution in [0, 0.1) is 0 Å². The number of carboxylic acids is 1. The fourth-order valence-electron chi connectivity index (χ4n) is 2.02. The lowest BCUT2D eigenvalue weighted by Crippen LogP contribution is -2.56. The number of aliphatic carboxylic acids is 1. The highest BCUT2D eigenvalue weighted by Gasteiger charge is 2.49. The van der Waals surface area contributed by atoms with E-state index in [1.54, 1.807) is 11.8 Å². The Hall–Kier alpha value is -0.750. The van der Waals surface area contributed by atoms with Crippen LogP contribution in [0.15, 0.2) is 22.4 Å². The maximum absolute atomic E-state index is 12.0. The molecule has 2 aliphatic rings. The number of fused-ring (bicyclic) bond motifs is 1. The summed E-state index contributed by atoms with van der Waals surface area (Å²) in [6.45, 7) is 3.77. The molecule has 0 aromatic heterocycles. The zero-order valence-corrected chi connectivity index (χ0v) is 11.9. The highest BCUT2D eigenvalue weighted by Crippen LogP contribution is 2.44. The standard InChI is InChI=1S/C11H12BrNO3S/c1-5(2)7-9(14)13-8(11(15)16)6(3-12)4-17-10(7)13/h10H,3-4H2,1-2H3,(H,15,16)/t10-/m1/s1. The first-order chi connectivity index (χ1) is 7.99. The first kappa shape index (κ1) is 12.7. The first-order valence-corrected chi connectivity index (χ1v) is 7.29. The molecule has 2 rings (SSSR count). The van der Waals surface area contributed by atoms with Crippen LogP contribution in [-0.4, -0.2) is 38.3 Å². The van der Waals surface area contributed by atoms with Crippen LogP contribution >= 0.6 is 27.7 Å². The Bertz CT molecular complexity index is 465. The molecule has 92 valence electrons. The lowest BCUT2D eigenvalue weighted by Gasteiger charge is -2.46. The van der Waals surface area contributed by atoms with E-state index < -0.39 is 5.97 Å². The average molecular weight is 318 g/mol. The van der Waals surface area contributed by atoms with E-state index in [9.17, 15) is 14.7 Å². The maximum atomic E-state index is 12.0. The number of amides is 1. The van der Waals surface area contributed by atoms with Gasteiger partial charge < -0.3 is 5.11 Å². The number of carbonyl (C=O) groups is 2. The van der Waals surface area contributed by atoms with Gasteiger partial charge in [0.05, 0.1) is 0 Å². The quantitative estimate of drug-likeness (QED) is 0.480. The van der Waals surface area contributed by atoms with Crippen molar-refractivity contribution in [2.75, 3.05) is 11.1 Å². The summed E-state index contributed by atoms with van der Waals surface area (Å²) >= 11 is 4.87. The van der Waals surface area contributed by atoms with Gasteiger partial charge in [-0.25, -0.2) is 4.79 Å². The molecule has 0 radical (unpaired) electrons. The van der Waals surface area contributed by atoms with Gasteiger partial charge in [0, 0.05) is 16.7 Å². The number of carboxylic acid groups (broad SMARTS) is 1. The molecule has 6 heteroatoms. The summed E-state index contributed by atoms with van der Waals surface area (Å²) in [5.41, 5.74) is 2.64. The van der Waals surface area contributed by atoms with Crippen molar-refractivity contribution in [1.82, 2.24) is 4.90 Å². The summed E-state index contributed by atoms with van der Waals surface area (Å²) in [5.74, 6) is -0.540. The number of hydrogen-bond donors (Lipinski definition) is 1.